The molecular weight excluding hydrogens is 582 g/mol. The van der Waals surface area contributed by atoms with Gasteiger partial charge in [0.15, 0.2) is 4.80 Å². The lowest BCUT2D eigenvalue weighted by atomic mass is 9.93. The number of hydrogen-bond donors (Lipinski definition) is 0. The van der Waals surface area contributed by atoms with Crippen molar-refractivity contribution in [2.45, 2.75) is 39.3 Å². The van der Waals surface area contributed by atoms with E-state index < -0.39 is 24.2 Å². The molecule has 2 aromatic carbocycles. The molecule has 0 spiro atoms. The van der Waals surface area contributed by atoms with Gasteiger partial charge < -0.3 is 14.2 Å². The number of nitrogens with zero attached hydrogens (tertiary/aromatic N) is 2. The molecule has 3 aromatic rings. The van der Waals surface area contributed by atoms with Crippen LogP contribution < -0.4 is 24.4 Å². The largest absolute Gasteiger partial charge is 0.496 e. The summed E-state index contributed by atoms with van der Waals surface area (Å²) >= 11 is 4.59. The van der Waals surface area contributed by atoms with Crippen LogP contribution in [-0.4, -0.2) is 30.9 Å². The molecule has 0 bridgehead atoms. The van der Waals surface area contributed by atoms with Crippen molar-refractivity contribution < 1.29 is 27.8 Å². The number of ether oxygens (including phenoxy) is 3. The molecule has 0 saturated carbocycles. The first-order valence-corrected chi connectivity index (χ1v) is 13.5. The van der Waals surface area contributed by atoms with Crippen molar-refractivity contribution in [1.29, 1.82) is 0 Å². The molecule has 200 valence electrons. The van der Waals surface area contributed by atoms with Crippen molar-refractivity contribution in [2.24, 2.45) is 4.99 Å². The van der Waals surface area contributed by atoms with Crippen LogP contribution in [0.3, 0.4) is 0 Å². The molecule has 0 radical (unpaired) electrons. The monoisotopic (exact) mass is 606 g/mol. The lowest BCUT2D eigenvalue weighted by molar-refractivity contribution is -0.139. The molecule has 38 heavy (non-hydrogen) atoms. The summed E-state index contributed by atoms with van der Waals surface area (Å²) in [5.74, 6) is -0.155. The van der Waals surface area contributed by atoms with Gasteiger partial charge in [0.1, 0.15) is 17.5 Å². The zero-order valence-electron chi connectivity index (χ0n) is 20.9. The highest BCUT2D eigenvalue weighted by Gasteiger charge is 2.36. The Morgan fingerprint density at radius 1 is 1.21 bits per heavy atom. The number of esters is 1. The maximum absolute atomic E-state index is 13.9. The average Bonchev–Trinajstić information content (AvgIpc) is 3.19. The second kappa shape index (κ2) is 12.0. The molecule has 0 saturated heterocycles. The molecule has 4 rings (SSSR count). The zero-order chi connectivity index (χ0) is 27.4. The summed E-state index contributed by atoms with van der Waals surface area (Å²) in [7, 11) is 1.51. The van der Waals surface area contributed by atoms with E-state index in [4.69, 9.17) is 14.5 Å². The predicted octanol–water partition coefficient (Wildman–Crippen LogP) is 4.95. The van der Waals surface area contributed by atoms with Gasteiger partial charge in [-0.05, 0) is 43.7 Å². The number of carbonyl (C=O) groups excluding carboxylic acids is 1. The first kappa shape index (κ1) is 27.7. The molecule has 0 fully saturated rings. The van der Waals surface area contributed by atoms with Gasteiger partial charge in [0, 0.05) is 15.6 Å². The SMILES string of the molecule is CCCC1=C(C(=O)OCC)[C@H](c2cc(Br)ccc2OC)n2c(s/c(=C\c3ccccc3OC(F)F)c2=O)=N1. The van der Waals surface area contributed by atoms with E-state index in [1.54, 1.807) is 43.3 Å². The van der Waals surface area contributed by atoms with Gasteiger partial charge in [0.2, 0.25) is 0 Å². The predicted molar refractivity (Wildman–Crippen MR) is 143 cm³/mol. The van der Waals surface area contributed by atoms with Crippen molar-refractivity contribution in [3.8, 4) is 11.5 Å². The number of para-hydroxylation sites is 1. The zero-order valence-corrected chi connectivity index (χ0v) is 23.3. The highest BCUT2D eigenvalue weighted by atomic mass is 79.9. The van der Waals surface area contributed by atoms with E-state index in [9.17, 15) is 18.4 Å². The molecule has 1 aliphatic heterocycles. The fraction of sp³-hybridized carbons (Fsp3) is 0.296. The van der Waals surface area contributed by atoms with Crippen molar-refractivity contribution in [1.82, 2.24) is 4.57 Å². The third-order valence-electron chi connectivity index (χ3n) is 5.80. The van der Waals surface area contributed by atoms with Gasteiger partial charge in [-0.15, -0.1) is 0 Å². The second-order valence-electron chi connectivity index (χ2n) is 8.22. The van der Waals surface area contributed by atoms with Gasteiger partial charge in [0.25, 0.3) is 5.56 Å². The Morgan fingerprint density at radius 3 is 2.66 bits per heavy atom. The number of aromatic nitrogens is 1. The fourth-order valence-electron chi connectivity index (χ4n) is 4.28. The Kier molecular flexibility index (Phi) is 8.78. The number of fused-ring (bicyclic) bond motifs is 1. The molecule has 1 aliphatic rings. The Morgan fingerprint density at radius 2 is 1.97 bits per heavy atom. The van der Waals surface area contributed by atoms with Crippen LogP contribution in [0, 0.1) is 0 Å². The number of hydrogen-bond acceptors (Lipinski definition) is 7. The van der Waals surface area contributed by atoms with Gasteiger partial charge in [0.05, 0.1) is 29.5 Å². The summed E-state index contributed by atoms with van der Waals surface area (Å²) in [5.41, 5.74) is 1.22. The van der Waals surface area contributed by atoms with Crippen molar-refractivity contribution in [2.75, 3.05) is 13.7 Å². The molecule has 0 amide bonds. The first-order chi connectivity index (χ1) is 18.3. The number of allylic oxidation sites excluding steroid dienone is 1. The average molecular weight is 607 g/mol. The van der Waals surface area contributed by atoms with E-state index in [0.717, 1.165) is 15.8 Å². The lowest BCUT2D eigenvalue weighted by Crippen LogP contribution is -2.40. The van der Waals surface area contributed by atoms with Crippen LogP contribution in [0.25, 0.3) is 6.08 Å². The van der Waals surface area contributed by atoms with E-state index in [2.05, 4.69) is 20.7 Å². The van der Waals surface area contributed by atoms with E-state index in [1.807, 2.05) is 6.92 Å². The Hall–Kier alpha value is -3.31. The van der Waals surface area contributed by atoms with Crippen LogP contribution in [0.5, 0.6) is 11.5 Å². The number of alkyl halides is 2. The summed E-state index contributed by atoms with van der Waals surface area (Å²) in [6, 6.07) is 10.7. The van der Waals surface area contributed by atoms with E-state index >= 15 is 0 Å². The van der Waals surface area contributed by atoms with Crippen LogP contribution in [0.4, 0.5) is 8.78 Å². The summed E-state index contributed by atoms with van der Waals surface area (Å²) in [5, 5.41) is 0. The van der Waals surface area contributed by atoms with Gasteiger partial charge in [-0.1, -0.05) is 58.8 Å². The minimum Gasteiger partial charge on any atom is -0.496 e. The third kappa shape index (κ3) is 5.58. The lowest BCUT2D eigenvalue weighted by Gasteiger charge is -2.27. The molecule has 1 aromatic heterocycles. The van der Waals surface area contributed by atoms with Crippen molar-refractivity contribution >= 4 is 39.3 Å². The summed E-state index contributed by atoms with van der Waals surface area (Å²) in [4.78, 5) is 32.3. The van der Waals surface area contributed by atoms with Crippen LogP contribution in [0.2, 0.25) is 0 Å². The molecule has 1 atom stereocenters. The van der Waals surface area contributed by atoms with Crippen molar-refractivity contribution in [3.05, 3.63) is 89.0 Å². The minimum atomic E-state index is -3.02. The number of rotatable bonds is 9. The van der Waals surface area contributed by atoms with E-state index in [1.165, 1.54) is 23.8 Å². The smallest absolute Gasteiger partial charge is 0.387 e. The highest BCUT2D eigenvalue weighted by molar-refractivity contribution is 9.10. The molecule has 0 N–H and O–H groups in total. The van der Waals surface area contributed by atoms with Crippen LogP contribution in [-0.2, 0) is 9.53 Å². The number of carbonyl (C=O) groups is 1. The maximum atomic E-state index is 13.9. The second-order valence-corrected chi connectivity index (χ2v) is 10.1. The molecule has 0 aliphatic carbocycles. The Bertz CT molecular complexity index is 1560. The van der Waals surface area contributed by atoms with Crippen LogP contribution in [0.15, 0.2) is 68.0 Å². The van der Waals surface area contributed by atoms with Gasteiger partial charge in [-0.25, -0.2) is 9.79 Å². The third-order valence-corrected chi connectivity index (χ3v) is 7.28. The maximum Gasteiger partial charge on any atom is 0.387 e. The summed E-state index contributed by atoms with van der Waals surface area (Å²) in [6.07, 6.45) is 2.68. The molecule has 11 heteroatoms. The number of methoxy groups -OCH3 is 1. The fourth-order valence-corrected chi connectivity index (χ4v) is 5.67. The standard InChI is InChI=1S/C27H25BrF2N2O5S/c1-4-8-18-22(25(34)36-5-2)23(17-14-16(28)11-12-20(17)35-3)32-24(33)21(38-27(32)31-18)13-15-9-6-7-10-19(15)37-26(29)30/h6-7,9-14,23,26H,4-5,8H2,1-3H3/b21-13-/t23-/m0/s1. The highest BCUT2D eigenvalue weighted by Crippen LogP contribution is 2.38. The van der Waals surface area contributed by atoms with Gasteiger partial charge in [-0.2, -0.15) is 8.78 Å². The van der Waals surface area contributed by atoms with Gasteiger partial charge >= 0.3 is 12.6 Å². The van der Waals surface area contributed by atoms with Crippen molar-refractivity contribution in [3.63, 3.8) is 0 Å². The van der Waals surface area contributed by atoms with Crippen LogP contribution in [0.1, 0.15) is 43.9 Å². The molecule has 2 heterocycles. The Balaban J connectivity index is 2.03. The summed E-state index contributed by atoms with van der Waals surface area (Å²) < 4.78 is 44.0. The van der Waals surface area contributed by atoms with E-state index in [0.29, 0.717) is 40.2 Å². The van der Waals surface area contributed by atoms with E-state index in [-0.39, 0.29) is 22.5 Å². The number of halogens is 3. The minimum absolute atomic E-state index is 0.0579. The number of benzene rings is 2. The van der Waals surface area contributed by atoms with Crippen LogP contribution >= 0.6 is 27.3 Å². The first-order valence-electron chi connectivity index (χ1n) is 11.9. The quantitative estimate of drug-likeness (QED) is 0.322. The number of thiazole rings is 1. The molecular formula is C27H25BrF2N2O5S. The summed E-state index contributed by atoms with van der Waals surface area (Å²) in [6.45, 7) is 0.810. The molecule has 7 nitrogen and oxygen atoms in total. The normalized spacial score (nSPS) is 15.3. The topological polar surface area (TPSA) is 79.1 Å². The molecule has 0 unspecified atom stereocenters. The van der Waals surface area contributed by atoms with Gasteiger partial charge in [-0.3, -0.25) is 9.36 Å². The Labute approximate surface area is 229 Å².